The molecular weight excluding hydrogens is 292 g/mol. The Hall–Kier alpha value is -1.60. The number of thioether (sulfide) groups is 1. The van der Waals surface area contributed by atoms with Gasteiger partial charge in [0.1, 0.15) is 0 Å². The molecule has 1 aromatic carbocycles. The van der Waals surface area contributed by atoms with Crippen molar-refractivity contribution in [1.29, 1.82) is 0 Å². The highest BCUT2D eigenvalue weighted by Crippen LogP contribution is 2.29. The first-order valence-electron chi connectivity index (χ1n) is 6.03. The number of urea groups is 1. The van der Waals surface area contributed by atoms with Crippen LogP contribution in [0.25, 0.3) is 0 Å². The van der Waals surface area contributed by atoms with Crippen molar-refractivity contribution in [2.45, 2.75) is 10.1 Å². The SMILES string of the molecule is CN(C)C(=O)N(C)c1nnc(SCc2ccccc2)s1. The third-order valence-corrected chi connectivity index (χ3v) is 4.76. The minimum atomic E-state index is -0.110. The predicted molar refractivity (Wildman–Crippen MR) is 83.4 cm³/mol. The van der Waals surface area contributed by atoms with Gasteiger partial charge < -0.3 is 4.90 Å². The van der Waals surface area contributed by atoms with E-state index in [1.807, 2.05) is 18.2 Å². The highest BCUT2D eigenvalue weighted by atomic mass is 32.2. The van der Waals surface area contributed by atoms with Gasteiger partial charge in [-0.3, -0.25) is 4.90 Å². The quantitative estimate of drug-likeness (QED) is 0.643. The summed E-state index contributed by atoms with van der Waals surface area (Å²) in [7, 11) is 5.13. The molecule has 0 saturated heterocycles. The fourth-order valence-corrected chi connectivity index (χ4v) is 3.25. The number of nitrogens with zero attached hydrogens (tertiary/aromatic N) is 4. The lowest BCUT2D eigenvalue weighted by Crippen LogP contribution is -2.36. The molecule has 0 spiro atoms. The van der Waals surface area contributed by atoms with Gasteiger partial charge >= 0.3 is 6.03 Å². The van der Waals surface area contributed by atoms with Crippen LogP contribution in [0.15, 0.2) is 34.7 Å². The van der Waals surface area contributed by atoms with Crippen molar-refractivity contribution in [3.63, 3.8) is 0 Å². The summed E-state index contributed by atoms with van der Waals surface area (Å²) in [5.41, 5.74) is 1.24. The molecule has 0 fully saturated rings. The molecular formula is C13H16N4OS2. The molecule has 0 radical (unpaired) electrons. The number of hydrogen-bond acceptors (Lipinski definition) is 5. The lowest BCUT2D eigenvalue weighted by atomic mass is 10.2. The Bertz CT molecular complexity index is 571. The Morgan fingerprint density at radius 2 is 1.90 bits per heavy atom. The van der Waals surface area contributed by atoms with Crippen molar-refractivity contribution < 1.29 is 4.79 Å². The van der Waals surface area contributed by atoms with E-state index in [0.29, 0.717) is 5.13 Å². The lowest BCUT2D eigenvalue weighted by molar-refractivity contribution is 0.225. The first kappa shape index (κ1) is 14.8. The van der Waals surface area contributed by atoms with E-state index >= 15 is 0 Å². The topological polar surface area (TPSA) is 49.3 Å². The predicted octanol–water partition coefficient (Wildman–Crippen LogP) is 2.95. The third-order valence-electron chi connectivity index (χ3n) is 2.56. The minimum absolute atomic E-state index is 0.110. The largest absolute Gasteiger partial charge is 0.330 e. The Kier molecular flexibility index (Phi) is 4.97. The molecule has 20 heavy (non-hydrogen) atoms. The number of anilines is 1. The molecule has 0 N–H and O–H groups in total. The number of aromatic nitrogens is 2. The number of carbonyl (C=O) groups is 1. The summed E-state index contributed by atoms with van der Waals surface area (Å²) in [6.07, 6.45) is 0. The Balaban J connectivity index is 1.97. The Morgan fingerprint density at radius 1 is 1.20 bits per heavy atom. The third kappa shape index (κ3) is 3.71. The molecule has 5 nitrogen and oxygen atoms in total. The van der Waals surface area contributed by atoms with Crippen LogP contribution in [-0.4, -0.2) is 42.3 Å². The summed E-state index contributed by atoms with van der Waals surface area (Å²) in [6.45, 7) is 0. The normalized spacial score (nSPS) is 10.3. The first-order valence-corrected chi connectivity index (χ1v) is 7.83. The van der Waals surface area contributed by atoms with Crippen molar-refractivity contribution in [3.05, 3.63) is 35.9 Å². The molecule has 0 atom stereocenters. The zero-order chi connectivity index (χ0) is 14.5. The van der Waals surface area contributed by atoms with Crippen LogP contribution in [0.1, 0.15) is 5.56 Å². The maximum atomic E-state index is 11.8. The molecule has 0 aliphatic heterocycles. The highest BCUT2D eigenvalue weighted by molar-refractivity contribution is 8.00. The summed E-state index contributed by atoms with van der Waals surface area (Å²) in [5.74, 6) is 0.848. The average Bonchev–Trinajstić information content (AvgIpc) is 2.93. The van der Waals surface area contributed by atoms with E-state index in [0.717, 1.165) is 10.1 Å². The molecule has 0 unspecified atom stereocenters. The van der Waals surface area contributed by atoms with Gasteiger partial charge in [-0.25, -0.2) is 4.79 Å². The van der Waals surface area contributed by atoms with Crippen molar-refractivity contribution in [3.8, 4) is 0 Å². The highest BCUT2D eigenvalue weighted by Gasteiger charge is 2.17. The van der Waals surface area contributed by atoms with Crippen LogP contribution >= 0.6 is 23.1 Å². The smallest absolute Gasteiger partial charge is 0.325 e. The van der Waals surface area contributed by atoms with Gasteiger partial charge in [-0.15, -0.1) is 10.2 Å². The van der Waals surface area contributed by atoms with Crippen molar-refractivity contribution >= 4 is 34.3 Å². The summed E-state index contributed by atoms with van der Waals surface area (Å²) < 4.78 is 0.863. The first-order chi connectivity index (χ1) is 9.58. The van der Waals surface area contributed by atoms with E-state index < -0.39 is 0 Å². The lowest BCUT2D eigenvalue weighted by Gasteiger charge is -2.18. The van der Waals surface area contributed by atoms with Gasteiger partial charge in [-0.2, -0.15) is 0 Å². The molecule has 2 amide bonds. The van der Waals surface area contributed by atoms with Crippen LogP contribution in [-0.2, 0) is 5.75 Å². The molecule has 7 heteroatoms. The van der Waals surface area contributed by atoms with Crippen molar-refractivity contribution in [2.75, 3.05) is 26.0 Å². The van der Waals surface area contributed by atoms with E-state index in [1.54, 1.807) is 32.9 Å². The van der Waals surface area contributed by atoms with Crippen molar-refractivity contribution in [2.24, 2.45) is 0 Å². The Morgan fingerprint density at radius 3 is 2.55 bits per heavy atom. The zero-order valence-electron chi connectivity index (χ0n) is 11.6. The maximum absolute atomic E-state index is 11.8. The molecule has 2 rings (SSSR count). The van der Waals surface area contributed by atoms with Crippen LogP contribution in [0.2, 0.25) is 0 Å². The van der Waals surface area contributed by atoms with Crippen LogP contribution in [0.5, 0.6) is 0 Å². The van der Waals surface area contributed by atoms with Crippen molar-refractivity contribution in [1.82, 2.24) is 15.1 Å². The van der Waals surface area contributed by atoms with Crippen LogP contribution in [0.3, 0.4) is 0 Å². The number of hydrogen-bond donors (Lipinski definition) is 0. The van der Waals surface area contributed by atoms with Crippen LogP contribution < -0.4 is 4.90 Å². The van der Waals surface area contributed by atoms with E-state index in [-0.39, 0.29) is 6.03 Å². The summed E-state index contributed by atoms with van der Waals surface area (Å²) >= 11 is 3.05. The maximum Gasteiger partial charge on any atom is 0.325 e. The fraction of sp³-hybridized carbons (Fsp3) is 0.308. The van der Waals surface area contributed by atoms with Gasteiger partial charge in [0.2, 0.25) is 5.13 Å². The number of carbonyl (C=O) groups excluding carboxylic acids is 1. The summed E-state index contributed by atoms with van der Waals surface area (Å²) in [5, 5.41) is 8.78. The minimum Gasteiger partial charge on any atom is -0.330 e. The van der Waals surface area contributed by atoms with E-state index in [2.05, 4.69) is 22.3 Å². The second-order valence-corrected chi connectivity index (χ2v) is 6.54. The van der Waals surface area contributed by atoms with E-state index in [4.69, 9.17) is 0 Å². The fourth-order valence-electron chi connectivity index (χ4n) is 1.50. The molecule has 0 aliphatic carbocycles. The standard InChI is InChI=1S/C13H16N4OS2/c1-16(2)13(18)17(3)11-14-15-12(20-11)19-9-10-7-5-4-6-8-10/h4-8H,9H2,1-3H3. The zero-order valence-corrected chi connectivity index (χ0v) is 13.2. The van der Waals surface area contributed by atoms with Gasteiger partial charge in [0.25, 0.3) is 0 Å². The van der Waals surface area contributed by atoms with E-state index in [9.17, 15) is 4.79 Å². The van der Waals surface area contributed by atoms with Crippen LogP contribution in [0.4, 0.5) is 9.93 Å². The van der Waals surface area contributed by atoms with Gasteiger partial charge in [0.15, 0.2) is 4.34 Å². The van der Waals surface area contributed by atoms with Gasteiger partial charge in [-0.05, 0) is 5.56 Å². The van der Waals surface area contributed by atoms with Gasteiger partial charge in [0, 0.05) is 26.9 Å². The van der Waals surface area contributed by atoms with E-state index in [1.165, 1.54) is 26.7 Å². The molecule has 1 heterocycles. The van der Waals surface area contributed by atoms with Gasteiger partial charge in [-0.1, -0.05) is 53.4 Å². The van der Waals surface area contributed by atoms with Gasteiger partial charge in [0.05, 0.1) is 0 Å². The summed E-state index contributed by atoms with van der Waals surface area (Å²) in [6, 6.07) is 10.1. The second kappa shape index (κ2) is 6.71. The van der Waals surface area contributed by atoms with Crippen LogP contribution in [0, 0.1) is 0 Å². The Labute approximate surface area is 126 Å². The second-order valence-electron chi connectivity index (χ2n) is 4.36. The number of benzene rings is 1. The molecule has 0 aliphatic rings. The average molecular weight is 308 g/mol. The molecule has 0 saturated carbocycles. The molecule has 0 bridgehead atoms. The number of amides is 2. The molecule has 106 valence electrons. The number of rotatable bonds is 4. The molecule has 2 aromatic rings. The molecule has 1 aromatic heterocycles. The summed E-state index contributed by atoms with van der Waals surface area (Å²) in [4.78, 5) is 14.8. The monoisotopic (exact) mass is 308 g/mol.